The first-order valence-corrected chi connectivity index (χ1v) is 11.4. The molecule has 0 saturated carbocycles. The number of thiophene rings is 1. The number of nitrogens with zero attached hydrogens (tertiary/aromatic N) is 4. The predicted octanol–water partition coefficient (Wildman–Crippen LogP) is 2.43. The maximum Gasteiger partial charge on any atom is 0.213 e. The minimum absolute atomic E-state index is 0.0896. The third kappa shape index (κ3) is 2.94. The molecule has 3 heterocycles. The summed E-state index contributed by atoms with van der Waals surface area (Å²) in [5.41, 5.74) is 1.45. The van der Waals surface area contributed by atoms with Crippen LogP contribution in [0.25, 0.3) is 10.2 Å². The van der Waals surface area contributed by atoms with Gasteiger partial charge in [0.25, 0.3) is 0 Å². The van der Waals surface area contributed by atoms with E-state index in [0.29, 0.717) is 0 Å². The van der Waals surface area contributed by atoms with Crippen molar-refractivity contribution in [2.45, 2.75) is 45.1 Å². The minimum atomic E-state index is -3.12. The fourth-order valence-electron chi connectivity index (χ4n) is 4.02. The molecule has 0 N–H and O–H groups in total. The number of aryl methyl sites for hydroxylation is 2. The number of aromatic nitrogens is 2. The molecule has 0 unspecified atom stereocenters. The normalized spacial score (nSPS) is 19.1. The third-order valence-corrected chi connectivity index (χ3v) is 8.67. The van der Waals surface area contributed by atoms with Crippen molar-refractivity contribution >= 4 is 37.4 Å². The Labute approximate surface area is 152 Å². The van der Waals surface area contributed by atoms with Gasteiger partial charge in [0.2, 0.25) is 10.0 Å². The molecule has 0 atom stereocenters. The lowest BCUT2D eigenvalue weighted by Crippen LogP contribution is -2.46. The molecule has 0 spiro atoms. The summed E-state index contributed by atoms with van der Waals surface area (Å²) in [5, 5.41) is 1.24. The standard InChI is InChI=1S/C17H24N4O2S2/c1-3-25(22,23)20(2)12-7-9-21(10-8-12)16-15-13-5-4-6-14(13)24-17(15)19-11-18-16/h11-12H,3-10H2,1-2H3. The van der Waals surface area contributed by atoms with Crippen LogP contribution in [-0.2, 0) is 22.9 Å². The smallest absolute Gasteiger partial charge is 0.213 e. The van der Waals surface area contributed by atoms with Crippen molar-refractivity contribution in [3.05, 3.63) is 16.8 Å². The van der Waals surface area contributed by atoms with E-state index in [4.69, 9.17) is 0 Å². The van der Waals surface area contributed by atoms with Crippen molar-refractivity contribution in [2.75, 3.05) is 30.8 Å². The van der Waals surface area contributed by atoms with Gasteiger partial charge in [-0.25, -0.2) is 22.7 Å². The maximum atomic E-state index is 12.1. The van der Waals surface area contributed by atoms with Crippen molar-refractivity contribution in [1.82, 2.24) is 14.3 Å². The van der Waals surface area contributed by atoms with Gasteiger partial charge < -0.3 is 4.90 Å². The zero-order valence-electron chi connectivity index (χ0n) is 14.7. The van der Waals surface area contributed by atoms with E-state index in [2.05, 4.69) is 14.9 Å². The fraction of sp³-hybridized carbons (Fsp3) is 0.647. The summed E-state index contributed by atoms with van der Waals surface area (Å²) in [6, 6.07) is 0.0896. The van der Waals surface area contributed by atoms with Crippen molar-refractivity contribution < 1.29 is 8.42 Å². The van der Waals surface area contributed by atoms with E-state index >= 15 is 0 Å². The average molecular weight is 381 g/mol. The average Bonchev–Trinajstić information content (AvgIpc) is 3.22. The summed E-state index contributed by atoms with van der Waals surface area (Å²) in [7, 11) is -1.41. The molecular formula is C17H24N4O2S2. The van der Waals surface area contributed by atoms with Crippen LogP contribution in [0.4, 0.5) is 5.82 Å². The second-order valence-electron chi connectivity index (χ2n) is 6.87. The molecule has 0 aromatic carbocycles. The van der Waals surface area contributed by atoms with E-state index in [0.717, 1.165) is 49.4 Å². The lowest BCUT2D eigenvalue weighted by atomic mass is 10.0. The second-order valence-corrected chi connectivity index (χ2v) is 10.3. The zero-order chi connectivity index (χ0) is 17.6. The molecule has 0 amide bonds. The molecule has 1 aliphatic heterocycles. The van der Waals surface area contributed by atoms with Crippen LogP contribution >= 0.6 is 11.3 Å². The molecule has 6 nitrogen and oxygen atoms in total. The monoisotopic (exact) mass is 380 g/mol. The molecule has 25 heavy (non-hydrogen) atoms. The van der Waals surface area contributed by atoms with Crippen LogP contribution < -0.4 is 4.90 Å². The number of sulfonamides is 1. The van der Waals surface area contributed by atoms with E-state index in [9.17, 15) is 8.42 Å². The first kappa shape index (κ1) is 17.2. The van der Waals surface area contributed by atoms with Gasteiger partial charge in [-0.05, 0) is 44.6 Å². The first-order chi connectivity index (χ1) is 12.0. The largest absolute Gasteiger partial charge is 0.356 e. The quantitative estimate of drug-likeness (QED) is 0.815. The van der Waals surface area contributed by atoms with Gasteiger partial charge in [0.15, 0.2) is 0 Å². The van der Waals surface area contributed by atoms with E-state index < -0.39 is 10.0 Å². The van der Waals surface area contributed by atoms with Crippen molar-refractivity contribution in [3.63, 3.8) is 0 Å². The van der Waals surface area contributed by atoms with Crippen molar-refractivity contribution in [1.29, 1.82) is 0 Å². The van der Waals surface area contributed by atoms with Crippen LogP contribution in [0.1, 0.15) is 36.6 Å². The second kappa shape index (κ2) is 6.48. The highest BCUT2D eigenvalue weighted by atomic mass is 32.2. The van der Waals surface area contributed by atoms with Crippen LogP contribution in [0.3, 0.4) is 0 Å². The number of fused-ring (bicyclic) bond motifs is 3. The summed E-state index contributed by atoms with van der Waals surface area (Å²) < 4.78 is 25.8. The Hall–Kier alpha value is -1.25. The summed E-state index contributed by atoms with van der Waals surface area (Å²) in [5.74, 6) is 1.21. The van der Waals surface area contributed by atoms with Gasteiger partial charge in [-0.3, -0.25) is 0 Å². The van der Waals surface area contributed by atoms with Crippen LogP contribution in [-0.4, -0.2) is 54.6 Å². The van der Waals surface area contributed by atoms with Gasteiger partial charge in [0, 0.05) is 31.1 Å². The number of hydrogen-bond donors (Lipinski definition) is 0. The van der Waals surface area contributed by atoms with Crippen molar-refractivity contribution in [3.8, 4) is 0 Å². The summed E-state index contributed by atoms with van der Waals surface area (Å²) in [4.78, 5) is 14.0. The zero-order valence-corrected chi connectivity index (χ0v) is 16.4. The van der Waals surface area contributed by atoms with E-state index in [1.165, 1.54) is 22.2 Å². The summed E-state index contributed by atoms with van der Waals surface area (Å²) in [6.45, 7) is 3.38. The number of hydrogen-bond acceptors (Lipinski definition) is 6. The highest BCUT2D eigenvalue weighted by Gasteiger charge is 2.30. The molecule has 1 aliphatic carbocycles. The topological polar surface area (TPSA) is 66.4 Å². The molecule has 1 fully saturated rings. The van der Waals surface area contributed by atoms with E-state index in [-0.39, 0.29) is 11.8 Å². The molecule has 2 aromatic rings. The molecule has 136 valence electrons. The van der Waals surface area contributed by atoms with E-state index in [1.807, 2.05) is 11.3 Å². The minimum Gasteiger partial charge on any atom is -0.356 e. The Balaban J connectivity index is 1.57. The Morgan fingerprint density at radius 2 is 2.04 bits per heavy atom. The van der Waals surface area contributed by atoms with Crippen LogP contribution in [0, 0.1) is 0 Å². The van der Waals surface area contributed by atoms with Gasteiger partial charge in [-0.1, -0.05) is 0 Å². The Morgan fingerprint density at radius 1 is 1.28 bits per heavy atom. The third-order valence-electron chi connectivity index (χ3n) is 5.56. The number of anilines is 1. The molecule has 1 saturated heterocycles. The molecule has 4 rings (SSSR count). The van der Waals surface area contributed by atoms with Gasteiger partial charge in [0.1, 0.15) is 17.0 Å². The van der Waals surface area contributed by atoms with Gasteiger partial charge in [0.05, 0.1) is 11.1 Å². The maximum absolute atomic E-state index is 12.1. The first-order valence-electron chi connectivity index (χ1n) is 8.97. The Bertz CT molecular complexity index is 885. The van der Waals surface area contributed by atoms with Crippen LogP contribution in [0.5, 0.6) is 0 Å². The molecule has 0 bridgehead atoms. The molecule has 0 radical (unpaired) electrons. The summed E-state index contributed by atoms with van der Waals surface area (Å²) in [6.07, 6.45) is 6.87. The molecule has 2 aliphatic rings. The number of rotatable bonds is 4. The SMILES string of the molecule is CCS(=O)(=O)N(C)C1CCN(c2ncnc3sc4c(c23)CCC4)CC1. The number of piperidine rings is 1. The lowest BCUT2D eigenvalue weighted by Gasteiger charge is -2.36. The van der Waals surface area contributed by atoms with Gasteiger partial charge in [-0.15, -0.1) is 11.3 Å². The predicted molar refractivity (Wildman–Crippen MR) is 102 cm³/mol. The molecule has 8 heteroatoms. The van der Waals surface area contributed by atoms with Crippen LogP contribution in [0.2, 0.25) is 0 Å². The Morgan fingerprint density at radius 3 is 2.76 bits per heavy atom. The van der Waals surface area contributed by atoms with Crippen LogP contribution in [0.15, 0.2) is 6.33 Å². The Kier molecular flexibility index (Phi) is 4.45. The highest BCUT2D eigenvalue weighted by molar-refractivity contribution is 7.89. The highest BCUT2D eigenvalue weighted by Crippen LogP contribution is 2.40. The van der Waals surface area contributed by atoms with E-state index in [1.54, 1.807) is 24.6 Å². The molecule has 2 aromatic heterocycles. The molecular weight excluding hydrogens is 356 g/mol. The fourth-order valence-corrected chi connectivity index (χ4v) is 6.32. The van der Waals surface area contributed by atoms with Gasteiger partial charge >= 0.3 is 0 Å². The summed E-state index contributed by atoms with van der Waals surface area (Å²) >= 11 is 1.81. The van der Waals surface area contributed by atoms with Crippen molar-refractivity contribution in [2.24, 2.45) is 0 Å². The van der Waals surface area contributed by atoms with Gasteiger partial charge in [-0.2, -0.15) is 0 Å². The lowest BCUT2D eigenvalue weighted by molar-refractivity contribution is 0.312.